The van der Waals surface area contributed by atoms with Gasteiger partial charge in [0.05, 0.1) is 40.1 Å². The summed E-state index contributed by atoms with van der Waals surface area (Å²) in [6.07, 6.45) is 0. The molecule has 0 saturated heterocycles. The smallest absolute Gasteiger partial charge is 0.341 e. The molecule has 158 valence electrons. The number of methoxy groups -OCH3 is 4. The van der Waals surface area contributed by atoms with Crippen molar-refractivity contribution in [1.82, 2.24) is 0 Å². The number of nitrogens with two attached hydrogens (primary N) is 1. The van der Waals surface area contributed by atoms with Gasteiger partial charge >= 0.3 is 11.9 Å². The van der Waals surface area contributed by atoms with Gasteiger partial charge in [0.2, 0.25) is 0 Å². The molecule has 0 amide bonds. The first-order valence-corrected chi connectivity index (χ1v) is 8.27. The lowest BCUT2D eigenvalue weighted by Gasteiger charge is -2.08. The summed E-state index contributed by atoms with van der Waals surface area (Å²) in [7, 11) is 5.42. The highest BCUT2D eigenvalue weighted by atomic mass is 16.5. The minimum atomic E-state index is -0.511. The molecule has 0 aliphatic carbocycles. The van der Waals surface area contributed by atoms with Crippen LogP contribution < -0.4 is 15.2 Å². The van der Waals surface area contributed by atoms with E-state index >= 15 is 0 Å². The van der Waals surface area contributed by atoms with E-state index in [1.54, 1.807) is 0 Å². The molecule has 2 aromatic rings. The third-order valence-corrected chi connectivity index (χ3v) is 3.75. The second-order valence-electron chi connectivity index (χ2n) is 5.41. The highest BCUT2D eigenvalue weighted by Gasteiger charge is 2.14. The fraction of sp³-hybridized carbons (Fsp3) is 0.200. The number of hydrogen-bond donors (Lipinski definition) is 2. The summed E-state index contributed by atoms with van der Waals surface area (Å²) in [5.74, 6) is -0.407. The van der Waals surface area contributed by atoms with Crippen LogP contribution in [0.25, 0.3) is 0 Å². The second kappa shape index (κ2) is 11.6. The van der Waals surface area contributed by atoms with E-state index < -0.39 is 11.9 Å². The molecule has 0 heterocycles. The first-order valence-electron chi connectivity index (χ1n) is 8.27. The lowest BCUT2D eigenvalue weighted by Crippen LogP contribution is -2.14. The van der Waals surface area contributed by atoms with Gasteiger partial charge in [0.25, 0.3) is 0 Å². The van der Waals surface area contributed by atoms with Gasteiger partial charge in [0.1, 0.15) is 22.6 Å². The van der Waals surface area contributed by atoms with E-state index in [0.29, 0.717) is 28.2 Å². The molecule has 0 atom stereocenters. The quantitative estimate of drug-likeness (QED) is 0.245. The van der Waals surface area contributed by atoms with Crippen LogP contribution in [0.4, 0.5) is 0 Å². The predicted molar refractivity (Wildman–Crippen MR) is 106 cm³/mol. The van der Waals surface area contributed by atoms with E-state index in [0.717, 1.165) is 0 Å². The summed E-state index contributed by atoms with van der Waals surface area (Å²) in [5, 5.41) is 20.0. The van der Waals surface area contributed by atoms with Crippen molar-refractivity contribution < 1.29 is 33.7 Å². The van der Waals surface area contributed by atoms with E-state index in [9.17, 15) is 9.59 Å². The van der Waals surface area contributed by atoms with Crippen LogP contribution in [0.2, 0.25) is 0 Å². The number of carbonyl (C=O) groups is 2. The van der Waals surface area contributed by atoms with Crippen molar-refractivity contribution in [3.05, 3.63) is 58.7 Å². The van der Waals surface area contributed by atoms with Gasteiger partial charge in [0.15, 0.2) is 5.84 Å². The highest BCUT2D eigenvalue weighted by Crippen LogP contribution is 2.21. The van der Waals surface area contributed by atoms with Crippen molar-refractivity contribution in [3.63, 3.8) is 0 Å². The summed E-state index contributed by atoms with van der Waals surface area (Å²) < 4.78 is 19.1. The van der Waals surface area contributed by atoms with Crippen molar-refractivity contribution >= 4 is 17.8 Å². The normalized spacial score (nSPS) is 10.0. The number of rotatable bonds is 5. The second-order valence-corrected chi connectivity index (χ2v) is 5.41. The van der Waals surface area contributed by atoms with Crippen molar-refractivity contribution in [2.45, 2.75) is 0 Å². The van der Waals surface area contributed by atoms with Crippen LogP contribution in [0.3, 0.4) is 0 Å². The highest BCUT2D eigenvalue weighted by molar-refractivity contribution is 5.99. The van der Waals surface area contributed by atoms with Gasteiger partial charge in [-0.1, -0.05) is 11.2 Å². The molecule has 0 fully saturated rings. The fourth-order valence-corrected chi connectivity index (χ4v) is 2.23. The van der Waals surface area contributed by atoms with Crippen molar-refractivity contribution in [3.8, 4) is 17.6 Å². The molecule has 10 heteroatoms. The van der Waals surface area contributed by atoms with Crippen LogP contribution in [0.15, 0.2) is 41.6 Å². The SMILES string of the molecule is COC(=O)c1ccc(C#N)cc1OC.COC(=O)c1ccc(C(N)=NO)cc1OC. The molecule has 30 heavy (non-hydrogen) atoms. The van der Waals surface area contributed by atoms with Gasteiger partial charge in [0, 0.05) is 5.56 Å². The Morgan fingerprint density at radius 1 is 0.933 bits per heavy atom. The minimum absolute atomic E-state index is 0.0604. The minimum Gasteiger partial charge on any atom is -0.496 e. The molecule has 10 nitrogen and oxygen atoms in total. The van der Waals surface area contributed by atoms with Crippen molar-refractivity contribution in [1.29, 1.82) is 5.26 Å². The maximum Gasteiger partial charge on any atom is 0.341 e. The zero-order valence-corrected chi connectivity index (χ0v) is 16.8. The molecule has 0 saturated carbocycles. The van der Waals surface area contributed by atoms with Crippen molar-refractivity contribution in [2.75, 3.05) is 28.4 Å². The number of amidine groups is 1. The van der Waals surface area contributed by atoms with Crippen LogP contribution in [-0.2, 0) is 9.47 Å². The monoisotopic (exact) mass is 415 g/mol. The third-order valence-electron chi connectivity index (χ3n) is 3.75. The van der Waals surface area contributed by atoms with E-state index in [2.05, 4.69) is 14.6 Å². The number of carbonyl (C=O) groups excluding carboxylic acids is 2. The number of ether oxygens (including phenoxy) is 4. The van der Waals surface area contributed by atoms with Crippen LogP contribution >= 0.6 is 0 Å². The first kappa shape index (κ1) is 23.8. The number of hydrogen-bond acceptors (Lipinski definition) is 9. The summed E-state index contributed by atoms with van der Waals surface area (Å²) in [6.45, 7) is 0. The Morgan fingerprint density at radius 3 is 1.87 bits per heavy atom. The zero-order valence-electron chi connectivity index (χ0n) is 16.8. The van der Waals surface area contributed by atoms with Gasteiger partial charge in [-0.3, -0.25) is 0 Å². The number of benzene rings is 2. The molecule has 0 aliphatic heterocycles. The molecule has 3 N–H and O–H groups in total. The van der Waals surface area contributed by atoms with Gasteiger partial charge < -0.3 is 29.9 Å². The van der Waals surface area contributed by atoms with Crippen LogP contribution in [0, 0.1) is 11.3 Å². The van der Waals surface area contributed by atoms with Crippen molar-refractivity contribution in [2.24, 2.45) is 10.9 Å². The molecule has 2 rings (SSSR count). The number of nitriles is 1. The molecule has 2 aromatic carbocycles. The molecule has 0 spiro atoms. The van der Waals surface area contributed by atoms with Gasteiger partial charge in [-0.2, -0.15) is 5.26 Å². The van der Waals surface area contributed by atoms with E-state index in [4.69, 9.17) is 25.7 Å². The maximum absolute atomic E-state index is 11.3. The summed E-state index contributed by atoms with van der Waals surface area (Å²) >= 11 is 0. The third kappa shape index (κ3) is 5.87. The maximum atomic E-state index is 11.3. The standard InChI is InChI=1S/C10H12N2O4.C10H9NO3/c1-15-8-5-6(9(11)12-14)3-4-7(8)10(13)16-2;1-13-9-5-7(6-11)3-4-8(9)10(12)14-2/h3-5,14H,1-2H3,(H2,11,12);3-5H,1-2H3. The largest absolute Gasteiger partial charge is 0.496 e. The fourth-order valence-electron chi connectivity index (χ4n) is 2.23. The molecule has 0 aromatic heterocycles. The average molecular weight is 415 g/mol. The van der Waals surface area contributed by atoms with Gasteiger partial charge in [-0.15, -0.1) is 0 Å². The summed E-state index contributed by atoms with van der Waals surface area (Å²) in [6, 6.07) is 11.0. The summed E-state index contributed by atoms with van der Waals surface area (Å²) in [5.41, 5.74) is 6.89. The Kier molecular flexibility index (Phi) is 9.16. The van der Waals surface area contributed by atoms with E-state index in [1.165, 1.54) is 64.8 Å². The van der Waals surface area contributed by atoms with Crippen LogP contribution in [0.1, 0.15) is 31.8 Å². The van der Waals surface area contributed by atoms with E-state index in [-0.39, 0.29) is 11.4 Å². The lowest BCUT2D eigenvalue weighted by atomic mass is 10.1. The Bertz CT molecular complexity index is 981. The zero-order chi connectivity index (χ0) is 22.7. The molecule has 0 radical (unpaired) electrons. The summed E-state index contributed by atoms with van der Waals surface area (Å²) in [4.78, 5) is 22.5. The van der Waals surface area contributed by atoms with Gasteiger partial charge in [-0.25, -0.2) is 9.59 Å². The molecular weight excluding hydrogens is 394 g/mol. The predicted octanol–water partition coefficient (Wildman–Crippen LogP) is 1.93. The average Bonchev–Trinajstić information content (AvgIpc) is 2.81. The Balaban J connectivity index is 0.000000303. The number of nitrogens with zero attached hydrogens (tertiary/aromatic N) is 2. The molecular formula is C20H21N3O7. The first-order chi connectivity index (χ1) is 14.4. The topological polar surface area (TPSA) is 153 Å². The van der Waals surface area contributed by atoms with Crippen LogP contribution in [0.5, 0.6) is 11.5 Å². The Morgan fingerprint density at radius 2 is 1.43 bits per heavy atom. The number of esters is 2. The molecule has 0 bridgehead atoms. The lowest BCUT2D eigenvalue weighted by molar-refractivity contribution is 0.0588. The van der Waals surface area contributed by atoms with Crippen LogP contribution in [-0.4, -0.2) is 51.4 Å². The Labute approximate surface area is 173 Å². The Hall–Kier alpha value is -4.26. The molecule has 0 aliphatic rings. The number of oxime groups is 1. The molecule has 0 unspecified atom stereocenters. The van der Waals surface area contributed by atoms with Gasteiger partial charge in [-0.05, 0) is 30.3 Å². The van der Waals surface area contributed by atoms with E-state index in [1.807, 2.05) is 6.07 Å².